The Morgan fingerprint density at radius 2 is 1.94 bits per heavy atom. The standard InChI is InChI=1S/C13H26N2O2/c1-5-8-15-9-6-11(7-10-15)14(4)13(2,3)12(16)17/h11H,5-10H2,1-4H3,(H,16,17). The summed E-state index contributed by atoms with van der Waals surface area (Å²) in [5.74, 6) is -0.740. The maximum Gasteiger partial charge on any atom is 0.323 e. The van der Waals surface area contributed by atoms with Gasteiger partial charge in [-0.15, -0.1) is 0 Å². The fourth-order valence-corrected chi connectivity index (χ4v) is 2.45. The molecule has 0 aromatic carbocycles. The highest BCUT2D eigenvalue weighted by Gasteiger charge is 2.37. The zero-order valence-corrected chi connectivity index (χ0v) is 11.6. The van der Waals surface area contributed by atoms with Gasteiger partial charge in [-0.1, -0.05) is 6.92 Å². The van der Waals surface area contributed by atoms with Gasteiger partial charge in [0.25, 0.3) is 0 Å². The summed E-state index contributed by atoms with van der Waals surface area (Å²) in [6, 6.07) is 0.397. The lowest BCUT2D eigenvalue weighted by Gasteiger charge is -2.42. The zero-order chi connectivity index (χ0) is 13.1. The number of likely N-dealkylation sites (N-methyl/N-ethyl adjacent to an activating group) is 1. The van der Waals surface area contributed by atoms with Crippen molar-refractivity contribution >= 4 is 5.97 Å². The minimum absolute atomic E-state index is 0.397. The van der Waals surface area contributed by atoms with Crippen molar-refractivity contribution in [1.82, 2.24) is 9.80 Å². The van der Waals surface area contributed by atoms with Crippen LogP contribution < -0.4 is 0 Å². The van der Waals surface area contributed by atoms with E-state index in [0.717, 1.165) is 25.9 Å². The summed E-state index contributed by atoms with van der Waals surface area (Å²) >= 11 is 0. The first-order valence-electron chi connectivity index (χ1n) is 6.58. The molecule has 17 heavy (non-hydrogen) atoms. The van der Waals surface area contributed by atoms with Crippen LogP contribution in [0.15, 0.2) is 0 Å². The first-order valence-corrected chi connectivity index (χ1v) is 6.58. The Hall–Kier alpha value is -0.610. The van der Waals surface area contributed by atoms with Crippen molar-refractivity contribution in [2.45, 2.75) is 51.6 Å². The second kappa shape index (κ2) is 5.83. The van der Waals surface area contributed by atoms with Gasteiger partial charge in [0.2, 0.25) is 0 Å². The minimum Gasteiger partial charge on any atom is -0.480 e. The van der Waals surface area contributed by atoms with E-state index in [-0.39, 0.29) is 0 Å². The molecule has 1 heterocycles. The average molecular weight is 242 g/mol. The predicted molar refractivity (Wildman–Crippen MR) is 69.2 cm³/mol. The molecule has 1 aliphatic heterocycles. The van der Waals surface area contributed by atoms with Gasteiger partial charge < -0.3 is 10.0 Å². The van der Waals surface area contributed by atoms with Crippen LogP contribution in [0.1, 0.15) is 40.0 Å². The van der Waals surface area contributed by atoms with Gasteiger partial charge >= 0.3 is 5.97 Å². The minimum atomic E-state index is -0.766. The largest absolute Gasteiger partial charge is 0.480 e. The summed E-state index contributed by atoms with van der Waals surface area (Å²) in [6.45, 7) is 9.13. The summed E-state index contributed by atoms with van der Waals surface area (Å²) < 4.78 is 0. The van der Waals surface area contributed by atoms with E-state index in [4.69, 9.17) is 0 Å². The molecule has 0 spiro atoms. The number of nitrogens with zero attached hydrogens (tertiary/aromatic N) is 2. The Morgan fingerprint density at radius 1 is 1.41 bits per heavy atom. The Bertz CT molecular complexity index is 258. The molecule has 1 N–H and O–H groups in total. The van der Waals surface area contributed by atoms with Crippen LogP contribution in [0.25, 0.3) is 0 Å². The van der Waals surface area contributed by atoms with Crippen LogP contribution in [-0.4, -0.2) is 59.1 Å². The van der Waals surface area contributed by atoms with Crippen LogP contribution in [-0.2, 0) is 4.79 Å². The fraction of sp³-hybridized carbons (Fsp3) is 0.923. The van der Waals surface area contributed by atoms with E-state index in [1.807, 2.05) is 11.9 Å². The molecule has 0 aliphatic carbocycles. The van der Waals surface area contributed by atoms with Gasteiger partial charge in [-0.2, -0.15) is 0 Å². The maximum absolute atomic E-state index is 11.2. The molecule has 0 aromatic rings. The number of carboxylic acid groups (broad SMARTS) is 1. The maximum atomic E-state index is 11.2. The van der Waals surface area contributed by atoms with Crippen LogP contribution in [0, 0.1) is 0 Å². The first kappa shape index (κ1) is 14.5. The van der Waals surface area contributed by atoms with Crippen LogP contribution in [0.2, 0.25) is 0 Å². The van der Waals surface area contributed by atoms with Crippen molar-refractivity contribution in [1.29, 1.82) is 0 Å². The van der Waals surface area contributed by atoms with E-state index in [9.17, 15) is 9.90 Å². The number of rotatable bonds is 5. The van der Waals surface area contributed by atoms with Crippen molar-refractivity contribution in [3.8, 4) is 0 Å². The first-order chi connectivity index (χ1) is 7.89. The molecule has 100 valence electrons. The summed E-state index contributed by atoms with van der Waals surface area (Å²) in [5.41, 5.74) is -0.766. The molecule has 0 unspecified atom stereocenters. The van der Waals surface area contributed by atoms with Crippen molar-refractivity contribution in [2.24, 2.45) is 0 Å². The highest BCUT2D eigenvalue weighted by Crippen LogP contribution is 2.23. The van der Waals surface area contributed by atoms with Crippen LogP contribution >= 0.6 is 0 Å². The normalized spacial score (nSPS) is 19.8. The Morgan fingerprint density at radius 3 is 2.35 bits per heavy atom. The molecular weight excluding hydrogens is 216 g/mol. The van der Waals surface area contributed by atoms with Gasteiger partial charge in [-0.3, -0.25) is 9.69 Å². The molecule has 1 rings (SSSR count). The topological polar surface area (TPSA) is 43.8 Å². The van der Waals surface area contributed by atoms with Gasteiger partial charge in [-0.25, -0.2) is 0 Å². The average Bonchev–Trinajstić information content (AvgIpc) is 2.29. The van der Waals surface area contributed by atoms with E-state index >= 15 is 0 Å². The molecule has 1 saturated heterocycles. The number of hydrogen-bond donors (Lipinski definition) is 1. The van der Waals surface area contributed by atoms with Crippen LogP contribution in [0.5, 0.6) is 0 Å². The third-order valence-electron chi connectivity index (χ3n) is 4.05. The third-order valence-corrected chi connectivity index (χ3v) is 4.05. The Labute approximate surface area is 105 Å². The monoisotopic (exact) mass is 242 g/mol. The number of likely N-dealkylation sites (tertiary alicyclic amines) is 1. The van der Waals surface area contributed by atoms with Crippen molar-refractivity contribution in [3.63, 3.8) is 0 Å². The lowest BCUT2D eigenvalue weighted by Crippen LogP contribution is -2.55. The summed E-state index contributed by atoms with van der Waals surface area (Å²) in [4.78, 5) is 15.7. The van der Waals surface area contributed by atoms with Gasteiger partial charge in [0.1, 0.15) is 5.54 Å². The second-order valence-corrected chi connectivity index (χ2v) is 5.55. The summed E-state index contributed by atoms with van der Waals surface area (Å²) in [7, 11) is 1.94. The highest BCUT2D eigenvalue weighted by atomic mass is 16.4. The van der Waals surface area contributed by atoms with Crippen molar-refractivity contribution < 1.29 is 9.90 Å². The number of carboxylic acids is 1. The lowest BCUT2D eigenvalue weighted by atomic mass is 9.96. The highest BCUT2D eigenvalue weighted by molar-refractivity contribution is 5.77. The molecule has 0 radical (unpaired) electrons. The molecular formula is C13H26N2O2. The van der Waals surface area contributed by atoms with Gasteiger partial charge in [-0.05, 0) is 59.8 Å². The molecule has 0 aromatic heterocycles. The summed E-state index contributed by atoms with van der Waals surface area (Å²) in [5, 5.41) is 9.23. The Kier molecular flexibility index (Phi) is 4.95. The molecule has 4 nitrogen and oxygen atoms in total. The van der Waals surface area contributed by atoms with Crippen molar-refractivity contribution in [2.75, 3.05) is 26.7 Å². The van der Waals surface area contributed by atoms with E-state index in [1.165, 1.54) is 13.0 Å². The molecule has 0 saturated carbocycles. The van der Waals surface area contributed by atoms with E-state index in [1.54, 1.807) is 13.8 Å². The molecule has 0 bridgehead atoms. The Balaban J connectivity index is 2.51. The third kappa shape index (κ3) is 3.42. The lowest BCUT2D eigenvalue weighted by molar-refractivity contribution is -0.150. The fourth-order valence-electron chi connectivity index (χ4n) is 2.45. The number of carbonyl (C=O) groups is 1. The predicted octanol–water partition coefficient (Wildman–Crippen LogP) is 1.66. The number of hydrogen-bond acceptors (Lipinski definition) is 3. The zero-order valence-electron chi connectivity index (χ0n) is 11.6. The smallest absolute Gasteiger partial charge is 0.323 e. The van der Waals surface area contributed by atoms with Gasteiger partial charge in [0.15, 0.2) is 0 Å². The SMILES string of the molecule is CCCN1CCC(N(C)C(C)(C)C(=O)O)CC1. The van der Waals surface area contributed by atoms with E-state index in [0.29, 0.717) is 6.04 Å². The second-order valence-electron chi connectivity index (χ2n) is 5.55. The number of piperidine rings is 1. The van der Waals surface area contributed by atoms with Crippen LogP contribution in [0.4, 0.5) is 0 Å². The molecule has 1 aliphatic rings. The number of aliphatic carboxylic acids is 1. The molecule has 1 fully saturated rings. The molecule has 0 amide bonds. The van der Waals surface area contributed by atoms with Gasteiger partial charge in [0.05, 0.1) is 0 Å². The van der Waals surface area contributed by atoms with Crippen molar-refractivity contribution in [3.05, 3.63) is 0 Å². The van der Waals surface area contributed by atoms with E-state index < -0.39 is 11.5 Å². The quantitative estimate of drug-likeness (QED) is 0.796. The molecule has 4 heteroatoms. The molecule has 0 atom stereocenters. The van der Waals surface area contributed by atoms with E-state index in [2.05, 4.69) is 11.8 Å². The summed E-state index contributed by atoms with van der Waals surface area (Å²) in [6.07, 6.45) is 3.35. The van der Waals surface area contributed by atoms with Crippen LogP contribution in [0.3, 0.4) is 0 Å². The van der Waals surface area contributed by atoms with Gasteiger partial charge in [0, 0.05) is 6.04 Å².